The van der Waals surface area contributed by atoms with Crippen molar-refractivity contribution in [3.8, 4) is 0 Å². The highest BCUT2D eigenvalue weighted by Gasteiger charge is 2.67. The SMILES string of the molecule is C.C.C.C.C.C.C.C.C.C.C.C.CCC(C)(C)C(=O)OC(C)(C)C12CC3CC(CC(C3)C1)C2.CCC(C)(C)C(=O)OC1(C)C2CC3CC(C2)CC1C3.CCC(C)(C)C(=O)OC12CC3CC(CC(O)(C3)C1)C2.CCC(C)(C)C(=O)OC12CC3CC(O)(CC(O)(C3)C1)C2.CCC(C)(C)C(=O)OC1CCOC1=O.CCC(C)C(=O)OC1C2CC3C(=O)OC1C3C2. The number of fused-ring (bicyclic) bond motifs is 1. The summed E-state index contributed by atoms with van der Waals surface area (Å²) in [5.74, 6) is 6.60. The molecule has 122 heavy (non-hydrogen) atoms. The molecule has 18 bridgehead atoms. The Hall–Kier alpha value is -4.36. The molecule has 20 aliphatic rings. The van der Waals surface area contributed by atoms with E-state index in [1.807, 2.05) is 90.0 Å². The summed E-state index contributed by atoms with van der Waals surface area (Å²) in [4.78, 5) is 95.8. The summed E-state index contributed by atoms with van der Waals surface area (Å²) in [5, 5.41) is 32.0. The number of cyclic esters (lactones) is 1. The van der Waals surface area contributed by atoms with Gasteiger partial charge in [0.25, 0.3) is 0 Å². The predicted molar refractivity (Wildman–Crippen MR) is 496 cm³/mol. The molecule has 20 rings (SSSR count). The van der Waals surface area contributed by atoms with Crippen LogP contribution in [0.25, 0.3) is 0 Å². The maximum atomic E-state index is 12.6. The van der Waals surface area contributed by atoms with Crippen LogP contribution < -0.4 is 0 Å². The number of ether oxygens (including phenoxy) is 8. The van der Waals surface area contributed by atoms with Crippen LogP contribution in [0.15, 0.2) is 0 Å². The maximum Gasteiger partial charge on any atom is 0.347 e. The van der Waals surface area contributed by atoms with Gasteiger partial charge in [-0.3, -0.25) is 33.6 Å². The number of aliphatic hydroxyl groups is 3. The molecule has 0 spiro atoms. The molecule has 19 heteroatoms. The van der Waals surface area contributed by atoms with Gasteiger partial charge in [-0.1, -0.05) is 138 Å². The van der Waals surface area contributed by atoms with E-state index in [1.165, 1.54) is 77.0 Å². The van der Waals surface area contributed by atoms with Crippen LogP contribution in [-0.2, 0) is 76.3 Å². The molecule has 0 radical (unpaired) electrons. The van der Waals surface area contributed by atoms with Gasteiger partial charge in [0.2, 0.25) is 6.10 Å². The first-order chi connectivity index (χ1) is 51.0. The van der Waals surface area contributed by atoms with Gasteiger partial charge in [-0.2, -0.15) is 0 Å². The lowest BCUT2D eigenvalue weighted by Crippen LogP contribution is -2.67. The molecule has 0 amide bonds. The van der Waals surface area contributed by atoms with Gasteiger partial charge in [0.15, 0.2) is 0 Å². The minimum absolute atomic E-state index is 0. The van der Waals surface area contributed by atoms with Gasteiger partial charge in [0.1, 0.15) is 34.6 Å². The molecule has 18 aliphatic carbocycles. The maximum absolute atomic E-state index is 12.6. The fourth-order valence-corrected chi connectivity index (χ4v) is 24.3. The Morgan fingerprint density at radius 1 is 0.418 bits per heavy atom. The average molecular weight is 1740 g/mol. The molecule has 720 valence electrons. The predicted octanol–water partition coefficient (Wildman–Crippen LogP) is 24.8. The molecule has 2 saturated heterocycles. The third kappa shape index (κ3) is 24.8. The Labute approximate surface area is 748 Å². The molecule has 0 aromatic rings. The van der Waals surface area contributed by atoms with Gasteiger partial charge in [-0.25, -0.2) is 4.79 Å². The minimum Gasteiger partial charge on any atom is -0.463 e. The van der Waals surface area contributed by atoms with Crippen molar-refractivity contribution in [3.05, 3.63) is 0 Å². The number of hydrogen-bond acceptors (Lipinski definition) is 19. The zero-order valence-electron chi connectivity index (χ0n) is 71.5. The first-order valence-electron chi connectivity index (χ1n) is 43.9. The third-order valence-electron chi connectivity index (χ3n) is 32.3. The van der Waals surface area contributed by atoms with E-state index < -0.39 is 50.7 Å². The number of rotatable bonds is 19. The molecule has 2 aliphatic heterocycles. The molecule has 0 aromatic heterocycles. The first-order valence-corrected chi connectivity index (χ1v) is 43.9. The van der Waals surface area contributed by atoms with Crippen LogP contribution in [0.5, 0.6) is 0 Å². The Kier molecular flexibility index (Phi) is 42.5. The van der Waals surface area contributed by atoms with Crippen LogP contribution in [0.3, 0.4) is 0 Å². The number of carbonyl (C=O) groups is 8. The zero-order valence-corrected chi connectivity index (χ0v) is 71.5. The summed E-state index contributed by atoms with van der Waals surface area (Å²) in [7, 11) is 0. The Morgan fingerprint density at radius 2 is 0.795 bits per heavy atom. The number of hydrogen-bond donors (Lipinski definition) is 3. The van der Waals surface area contributed by atoms with Crippen molar-refractivity contribution in [1.29, 1.82) is 0 Å². The van der Waals surface area contributed by atoms with Crippen LogP contribution in [0.1, 0.15) is 433 Å². The summed E-state index contributed by atoms with van der Waals surface area (Å²) in [6.07, 6.45) is 30.1. The molecular formula is C103H194O19. The van der Waals surface area contributed by atoms with Crippen molar-refractivity contribution in [2.24, 2.45) is 115 Å². The van der Waals surface area contributed by atoms with E-state index in [1.54, 1.807) is 13.8 Å². The standard InChI is InChI=1S/C19H32O2.C17H28O2.C16H26O4.C16H26O3.C13H18O4.C10H16O4.12CH4/c1-6-17(2,3)16(20)21-18(4,5)19-10-13-7-14(11-19)9-15(8-13)12-19;1-5-16(2,3)15(18)19-17(4)13-7-11-6-12(9-13)10-14(17)8-11;1-4-13(2,3)12(17)20-16-7-11-5-14(18,9-16)8-15(19,6-11)10-16;1-4-14(2,3)13(17)19-16-8-11-5-12(9-16)7-15(18,6-11)10-16;1-3-6(2)12(14)16-10-7-4-8-9(5-7)13(15)17-11(8)10;1-4-10(2,3)9(12)14-7-5-6-13-8(7)11;;;;;;;;;;;;/h13-15H,6-12H2,1-5H3;11-14H,5-10H2,1-4H3;11,18-19H,4-10H2,1-3H3;11-12,18H,4-10H2,1-3H3;6-11H,3-5H2,1-2H3;7H,4-6H2,1-3H3;12*1H4. The fourth-order valence-electron chi connectivity index (χ4n) is 24.3. The lowest BCUT2D eigenvalue weighted by atomic mass is 9.46. The van der Waals surface area contributed by atoms with Gasteiger partial charge in [-0.05, 0) is 323 Å². The summed E-state index contributed by atoms with van der Waals surface area (Å²) >= 11 is 0. The lowest BCUT2D eigenvalue weighted by molar-refractivity contribution is -0.264. The quantitative estimate of drug-likeness (QED) is 0.0801. The van der Waals surface area contributed by atoms with E-state index >= 15 is 0 Å². The van der Waals surface area contributed by atoms with Crippen molar-refractivity contribution in [1.82, 2.24) is 0 Å². The molecule has 3 N–H and O–H groups in total. The second-order valence-corrected chi connectivity index (χ2v) is 43.4. The second-order valence-electron chi connectivity index (χ2n) is 43.4. The largest absolute Gasteiger partial charge is 0.463 e. The van der Waals surface area contributed by atoms with Gasteiger partial charge >= 0.3 is 47.8 Å². The van der Waals surface area contributed by atoms with Gasteiger partial charge in [0.05, 0.1) is 62.3 Å². The molecule has 11 atom stereocenters. The summed E-state index contributed by atoms with van der Waals surface area (Å²) in [5.41, 5.74) is -5.61. The first kappa shape index (κ1) is 120. The Balaban J connectivity index is 0. The van der Waals surface area contributed by atoms with Gasteiger partial charge < -0.3 is 53.2 Å². The highest BCUT2D eigenvalue weighted by Crippen LogP contribution is 2.66. The van der Waals surface area contributed by atoms with E-state index in [4.69, 9.17) is 37.9 Å². The smallest absolute Gasteiger partial charge is 0.347 e. The van der Waals surface area contributed by atoms with E-state index in [0.29, 0.717) is 80.6 Å². The lowest BCUT2D eigenvalue weighted by Gasteiger charge is -2.62. The normalized spacial score (nSPS) is 36.7. The van der Waals surface area contributed by atoms with Crippen LogP contribution in [-0.4, -0.2) is 127 Å². The van der Waals surface area contributed by atoms with E-state index in [-0.39, 0.29) is 194 Å². The highest BCUT2D eigenvalue weighted by atomic mass is 16.6. The number of esters is 8. The van der Waals surface area contributed by atoms with Crippen LogP contribution >= 0.6 is 0 Å². The van der Waals surface area contributed by atoms with Crippen molar-refractivity contribution in [2.45, 2.75) is 491 Å². The summed E-state index contributed by atoms with van der Waals surface area (Å²) < 4.78 is 44.8. The van der Waals surface area contributed by atoms with Crippen molar-refractivity contribution < 1.29 is 91.6 Å². The molecule has 11 unspecified atom stereocenters. The molecule has 2 heterocycles. The highest BCUT2D eigenvalue weighted by molar-refractivity contribution is 5.83. The van der Waals surface area contributed by atoms with E-state index in [0.717, 1.165) is 119 Å². The van der Waals surface area contributed by atoms with Gasteiger partial charge in [0, 0.05) is 49.4 Å². The second kappa shape index (κ2) is 43.4. The monoisotopic (exact) mass is 1740 g/mol. The Bertz CT molecular complexity index is 3300. The van der Waals surface area contributed by atoms with Crippen LogP contribution in [0.2, 0.25) is 0 Å². The topological polar surface area (TPSA) is 271 Å². The van der Waals surface area contributed by atoms with Crippen LogP contribution in [0, 0.1) is 115 Å². The van der Waals surface area contributed by atoms with Crippen molar-refractivity contribution >= 4 is 47.8 Å². The summed E-state index contributed by atoms with van der Waals surface area (Å²) in [6.45, 7) is 40.1. The fraction of sp³-hybridized carbons (Fsp3) is 0.922. The van der Waals surface area contributed by atoms with Crippen molar-refractivity contribution in [2.75, 3.05) is 6.61 Å². The summed E-state index contributed by atoms with van der Waals surface area (Å²) in [6, 6.07) is 0. The average Bonchev–Trinajstić information content (AvgIpc) is 0.979. The third-order valence-corrected chi connectivity index (χ3v) is 32.3. The van der Waals surface area contributed by atoms with E-state index in [2.05, 4.69) is 34.6 Å². The number of carbonyl (C=O) groups excluding carboxylic acids is 8. The zero-order chi connectivity index (χ0) is 80.9. The molecule has 19 nitrogen and oxygen atoms in total. The molecular weight excluding hydrogens is 1540 g/mol. The van der Waals surface area contributed by atoms with Crippen molar-refractivity contribution in [3.63, 3.8) is 0 Å². The van der Waals surface area contributed by atoms with Gasteiger partial charge in [-0.15, -0.1) is 0 Å². The molecule has 18 saturated carbocycles. The molecule has 20 fully saturated rings. The van der Waals surface area contributed by atoms with E-state index in [9.17, 15) is 53.7 Å². The van der Waals surface area contributed by atoms with Crippen LogP contribution in [0.4, 0.5) is 0 Å². The minimum atomic E-state index is -0.842. The Morgan fingerprint density at radius 3 is 1.20 bits per heavy atom. The molecule has 0 aromatic carbocycles.